The van der Waals surface area contributed by atoms with E-state index < -0.39 is 0 Å². The van der Waals surface area contributed by atoms with Gasteiger partial charge in [-0.3, -0.25) is 9.48 Å². The second kappa shape index (κ2) is 9.08. The van der Waals surface area contributed by atoms with E-state index in [9.17, 15) is 4.79 Å². The van der Waals surface area contributed by atoms with Crippen molar-refractivity contribution in [3.63, 3.8) is 0 Å². The molecule has 2 aliphatic rings. The molecular weight excluding hydrogens is 436 g/mol. The molecule has 29 heavy (non-hydrogen) atoms. The highest BCUT2D eigenvalue weighted by atomic mass is 79.9. The fourth-order valence-corrected chi connectivity index (χ4v) is 4.08. The molecule has 0 aromatic carbocycles. The molecule has 2 saturated heterocycles. The van der Waals surface area contributed by atoms with Gasteiger partial charge < -0.3 is 20.9 Å². The van der Waals surface area contributed by atoms with E-state index >= 15 is 0 Å². The van der Waals surface area contributed by atoms with E-state index in [0.29, 0.717) is 18.4 Å². The molecule has 0 radical (unpaired) electrons. The summed E-state index contributed by atoms with van der Waals surface area (Å²) in [5.74, 6) is 1.53. The maximum atomic E-state index is 11.7. The highest BCUT2D eigenvalue weighted by molar-refractivity contribution is 9.10. The number of amides is 1. The number of nitrogens with one attached hydrogen (secondary N) is 3. The maximum absolute atomic E-state index is 11.7. The van der Waals surface area contributed by atoms with E-state index in [1.54, 1.807) is 6.20 Å². The SMILES string of the molecule is Cc1nn(C2CCNC2)cc1Nc1ncc(Br)c(NCCCN2CCCC2=O)n1. The number of halogens is 1. The minimum Gasteiger partial charge on any atom is -0.369 e. The summed E-state index contributed by atoms with van der Waals surface area (Å²) in [5.41, 5.74) is 1.84. The third kappa shape index (κ3) is 4.87. The smallest absolute Gasteiger partial charge is 0.229 e. The van der Waals surface area contributed by atoms with Crippen LogP contribution in [0, 0.1) is 6.92 Å². The molecule has 0 saturated carbocycles. The first kappa shape index (κ1) is 20.1. The number of aromatic nitrogens is 4. The Morgan fingerprint density at radius 1 is 1.41 bits per heavy atom. The fourth-order valence-electron chi connectivity index (χ4n) is 3.75. The van der Waals surface area contributed by atoms with E-state index in [1.807, 2.05) is 22.7 Å². The van der Waals surface area contributed by atoms with Gasteiger partial charge in [0.25, 0.3) is 0 Å². The first-order valence-corrected chi connectivity index (χ1v) is 11.0. The van der Waals surface area contributed by atoms with Crippen LogP contribution in [0.5, 0.6) is 0 Å². The molecule has 0 spiro atoms. The van der Waals surface area contributed by atoms with Crippen molar-refractivity contribution in [2.24, 2.45) is 0 Å². The van der Waals surface area contributed by atoms with Crippen LogP contribution in [0.1, 0.15) is 37.4 Å². The van der Waals surface area contributed by atoms with Gasteiger partial charge >= 0.3 is 0 Å². The summed E-state index contributed by atoms with van der Waals surface area (Å²) in [5, 5.41) is 14.6. The Labute approximate surface area is 178 Å². The Balaban J connectivity index is 1.35. The number of hydrogen-bond donors (Lipinski definition) is 3. The molecule has 156 valence electrons. The molecule has 9 nitrogen and oxygen atoms in total. The summed E-state index contributed by atoms with van der Waals surface area (Å²) in [6, 6.07) is 0.398. The van der Waals surface area contributed by atoms with Gasteiger partial charge in [-0.2, -0.15) is 10.1 Å². The molecule has 4 heterocycles. The lowest BCUT2D eigenvalue weighted by molar-refractivity contribution is -0.127. The summed E-state index contributed by atoms with van der Waals surface area (Å²) >= 11 is 3.50. The Hall–Kier alpha value is -2.20. The second-order valence-electron chi connectivity index (χ2n) is 7.53. The summed E-state index contributed by atoms with van der Waals surface area (Å²) < 4.78 is 2.83. The normalized spacial score (nSPS) is 19.2. The molecule has 3 N–H and O–H groups in total. The largest absolute Gasteiger partial charge is 0.369 e. The lowest BCUT2D eigenvalue weighted by Crippen LogP contribution is -2.27. The molecule has 2 aliphatic heterocycles. The van der Waals surface area contributed by atoms with E-state index in [-0.39, 0.29) is 5.91 Å². The fraction of sp³-hybridized carbons (Fsp3) is 0.579. The molecule has 10 heteroatoms. The van der Waals surface area contributed by atoms with E-state index in [1.165, 1.54) is 0 Å². The third-order valence-electron chi connectivity index (χ3n) is 5.38. The van der Waals surface area contributed by atoms with Gasteiger partial charge in [0.2, 0.25) is 11.9 Å². The van der Waals surface area contributed by atoms with E-state index in [0.717, 1.165) is 73.7 Å². The lowest BCUT2D eigenvalue weighted by Gasteiger charge is -2.15. The number of anilines is 3. The van der Waals surface area contributed by atoms with Crippen molar-refractivity contribution in [1.29, 1.82) is 0 Å². The quantitative estimate of drug-likeness (QED) is 0.517. The van der Waals surface area contributed by atoms with Crippen LogP contribution in [0.3, 0.4) is 0 Å². The standard InChI is InChI=1S/C19H27BrN8O/c1-13-16(12-28(26-13)14-5-7-21-10-14)24-19-23-11-15(20)18(25-19)22-6-3-9-27-8-2-4-17(27)29/h11-12,14,21H,2-10H2,1H3,(H2,22,23,24,25). The number of likely N-dealkylation sites (tertiary alicyclic amines) is 1. The van der Waals surface area contributed by atoms with Gasteiger partial charge in [-0.15, -0.1) is 0 Å². The van der Waals surface area contributed by atoms with Gasteiger partial charge in [0, 0.05) is 45.0 Å². The Bertz CT molecular complexity index is 864. The van der Waals surface area contributed by atoms with Crippen molar-refractivity contribution in [2.45, 2.75) is 38.6 Å². The number of carbonyl (C=O) groups is 1. The third-order valence-corrected chi connectivity index (χ3v) is 5.96. The first-order valence-electron chi connectivity index (χ1n) is 10.2. The van der Waals surface area contributed by atoms with Gasteiger partial charge in [-0.05, 0) is 48.7 Å². The van der Waals surface area contributed by atoms with Crippen molar-refractivity contribution in [1.82, 2.24) is 30.0 Å². The van der Waals surface area contributed by atoms with Gasteiger partial charge in [-0.1, -0.05) is 0 Å². The average Bonchev–Trinajstić information content (AvgIpc) is 3.44. The number of carbonyl (C=O) groups excluding carboxylic acids is 1. The molecule has 2 fully saturated rings. The number of rotatable bonds is 8. The van der Waals surface area contributed by atoms with Crippen LogP contribution in [0.2, 0.25) is 0 Å². The Kier molecular flexibility index (Phi) is 6.29. The zero-order valence-electron chi connectivity index (χ0n) is 16.6. The molecule has 4 rings (SSSR count). The number of nitrogens with zero attached hydrogens (tertiary/aromatic N) is 5. The highest BCUT2D eigenvalue weighted by Gasteiger charge is 2.20. The van der Waals surface area contributed by atoms with E-state index in [2.05, 4.69) is 46.9 Å². The summed E-state index contributed by atoms with van der Waals surface area (Å²) in [6.07, 6.45) is 7.40. The zero-order valence-corrected chi connectivity index (χ0v) is 18.2. The van der Waals surface area contributed by atoms with Crippen LogP contribution >= 0.6 is 15.9 Å². The number of hydrogen-bond acceptors (Lipinski definition) is 7. The monoisotopic (exact) mass is 462 g/mol. The number of aryl methyl sites for hydroxylation is 1. The minimum absolute atomic E-state index is 0.268. The van der Waals surface area contributed by atoms with Crippen LogP contribution in [-0.4, -0.2) is 63.3 Å². The topological polar surface area (TPSA) is 100 Å². The predicted octanol–water partition coefficient (Wildman–Crippen LogP) is 2.45. The Morgan fingerprint density at radius 2 is 2.31 bits per heavy atom. The summed E-state index contributed by atoms with van der Waals surface area (Å²) in [6.45, 7) is 6.38. The first-order chi connectivity index (χ1) is 14.1. The Morgan fingerprint density at radius 3 is 3.07 bits per heavy atom. The molecule has 0 bridgehead atoms. The van der Waals surface area contributed by atoms with E-state index in [4.69, 9.17) is 0 Å². The van der Waals surface area contributed by atoms with Crippen LogP contribution in [0.4, 0.5) is 17.5 Å². The molecule has 1 unspecified atom stereocenters. The molecule has 2 aromatic rings. The molecule has 0 aliphatic carbocycles. The zero-order chi connectivity index (χ0) is 20.2. The highest BCUT2D eigenvalue weighted by Crippen LogP contribution is 2.25. The van der Waals surface area contributed by atoms with Gasteiger partial charge in [0.05, 0.1) is 21.9 Å². The summed E-state index contributed by atoms with van der Waals surface area (Å²) in [4.78, 5) is 22.6. The molecular formula is C19H27BrN8O. The van der Waals surface area contributed by atoms with Gasteiger partial charge in [-0.25, -0.2) is 4.98 Å². The molecule has 2 aromatic heterocycles. The van der Waals surface area contributed by atoms with Gasteiger partial charge in [0.15, 0.2) is 0 Å². The van der Waals surface area contributed by atoms with Crippen LogP contribution in [-0.2, 0) is 4.79 Å². The average molecular weight is 463 g/mol. The van der Waals surface area contributed by atoms with Crippen LogP contribution < -0.4 is 16.0 Å². The molecule has 1 atom stereocenters. The second-order valence-corrected chi connectivity index (χ2v) is 8.39. The van der Waals surface area contributed by atoms with Crippen LogP contribution in [0.15, 0.2) is 16.9 Å². The molecule has 1 amide bonds. The van der Waals surface area contributed by atoms with Crippen molar-refractivity contribution in [3.8, 4) is 0 Å². The van der Waals surface area contributed by atoms with Crippen molar-refractivity contribution in [2.75, 3.05) is 43.4 Å². The lowest BCUT2D eigenvalue weighted by atomic mass is 10.3. The van der Waals surface area contributed by atoms with Gasteiger partial charge in [0.1, 0.15) is 5.82 Å². The van der Waals surface area contributed by atoms with Crippen molar-refractivity contribution in [3.05, 3.63) is 22.6 Å². The van der Waals surface area contributed by atoms with Crippen molar-refractivity contribution >= 4 is 39.3 Å². The maximum Gasteiger partial charge on any atom is 0.229 e. The van der Waals surface area contributed by atoms with Crippen LogP contribution in [0.25, 0.3) is 0 Å². The minimum atomic E-state index is 0.268. The summed E-state index contributed by atoms with van der Waals surface area (Å²) in [7, 11) is 0. The predicted molar refractivity (Wildman–Crippen MR) is 115 cm³/mol. The van der Waals surface area contributed by atoms with Crippen molar-refractivity contribution < 1.29 is 4.79 Å².